The lowest BCUT2D eigenvalue weighted by atomic mass is 9.94. The van der Waals surface area contributed by atoms with Gasteiger partial charge < -0.3 is 4.74 Å². The molecule has 2 rings (SSSR count). The zero-order valence-corrected chi connectivity index (χ0v) is 14.0. The largest absolute Gasteiger partial charge is 0.448 e. The Labute approximate surface area is 144 Å². The highest BCUT2D eigenvalue weighted by Gasteiger charge is 2.21. The molecule has 1 aliphatic rings. The van der Waals surface area contributed by atoms with Crippen LogP contribution in [-0.4, -0.2) is 35.6 Å². The van der Waals surface area contributed by atoms with E-state index < -0.39 is 11.5 Å². The van der Waals surface area contributed by atoms with Crippen LogP contribution in [0.25, 0.3) is 0 Å². The van der Waals surface area contributed by atoms with Crippen LogP contribution in [0, 0.1) is 5.92 Å². The molecule has 2 atom stereocenters. The van der Waals surface area contributed by atoms with Gasteiger partial charge in [-0.15, -0.1) is 23.2 Å². The quantitative estimate of drug-likeness (QED) is 0.795. The Kier molecular flexibility index (Phi) is 6.24. The van der Waals surface area contributed by atoms with E-state index in [1.54, 1.807) is 12.1 Å². The summed E-state index contributed by atoms with van der Waals surface area (Å²) in [5.74, 6) is 0.168. The van der Waals surface area contributed by atoms with E-state index in [0.717, 1.165) is 11.3 Å². The van der Waals surface area contributed by atoms with Crippen molar-refractivity contribution in [3.05, 3.63) is 29.8 Å². The van der Waals surface area contributed by atoms with Gasteiger partial charge in [0.2, 0.25) is 5.91 Å². The summed E-state index contributed by atoms with van der Waals surface area (Å²) in [4.78, 5) is 22.9. The minimum atomic E-state index is -0.593. The lowest BCUT2D eigenvalue weighted by molar-refractivity contribution is -0.121. The van der Waals surface area contributed by atoms with Crippen molar-refractivity contribution in [3.8, 4) is 0 Å². The Hall–Kier alpha value is -1.79. The second-order valence-corrected chi connectivity index (χ2v) is 6.12. The van der Waals surface area contributed by atoms with E-state index in [0.29, 0.717) is 12.1 Å². The van der Waals surface area contributed by atoms with Crippen LogP contribution in [0.2, 0.25) is 0 Å². The number of hydrogen-bond donors (Lipinski definition) is 2. The first-order valence-electron chi connectivity index (χ1n) is 7.10. The molecule has 1 aromatic carbocycles. The van der Waals surface area contributed by atoms with Crippen LogP contribution < -0.4 is 10.7 Å². The van der Waals surface area contributed by atoms with Crippen molar-refractivity contribution >= 4 is 46.6 Å². The van der Waals surface area contributed by atoms with Crippen LogP contribution in [-0.2, 0) is 9.53 Å². The molecule has 0 saturated heterocycles. The summed E-state index contributed by atoms with van der Waals surface area (Å²) in [6, 6.07) is 7.13. The molecule has 0 radical (unpaired) electrons. The number of alkyl halides is 2. The number of anilines is 1. The summed E-state index contributed by atoms with van der Waals surface area (Å²) in [5.41, 5.74) is 4.76. The molecule has 23 heavy (non-hydrogen) atoms. The maximum Gasteiger partial charge on any atom is 0.411 e. The predicted octanol–water partition coefficient (Wildman–Crippen LogP) is 2.94. The van der Waals surface area contributed by atoms with Crippen molar-refractivity contribution in [2.75, 3.05) is 17.8 Å². The Morgan fingerprint density at radius 2 is 2.17 bits per heavy atom. The lowest BCUT2D eigenvalue weighted by Crippen LogP contribution is -2.31. The monoisotopic (exact) mass is 357 g/mol. The van der Waals surface area contributed by atoms with Gasteiger partial charge in [-0.3, -0.25) is 10.1 Å². The molecular formula is C15H17Cl2N3O3. The van der Waals surface area contributed by atoms with Crippen molar-refractivity contribution in [1.82, 2.24) is 5.43 Å². The van der Waals surface area contributed by atoms with Crippen molar-refractivity contribution in [3.63, 3.8) is 0 Å². The fourth-order valence-corrected chi connectivity index (χ4v) is 2.24. The van der Waals surface area contributed by atoms with Crippen molar-refractivity contribution < 1.29 is 14.3 Å². The van der Waals surface area contributed by atoms with Gasteiger partial charge in [0.1, 0.15) is 6.61 Å². The smallest absolute Gasteiger partial charge is 0.411 e. The van der Waals surface area contributed by atoms with Crippen LogP contribution in [0.3, 0.4) is 0 Å². The molecule has 1 heterocycles. The maximum absolute atomic E-state index is 11.6. The number of carbonyl (C=O) groups excluding carboxylic acids is 2. The highest BCUT2D eigenvalue weighted by atomic mass is 35.5. The number of nitrogens with one attached hydrogen (secondary N) is 2. The van der Waals surface area contributed by atoms with Crippen LogP contribution in [0.4, 0.5) is 10.5 Å². The van der Waals surface area contributed by atoms with Crippen LogP contribution in [0.5, 0.6) is 0 Å². The molecule has 0 bridgehead atoms. The second kappa shape index (κ2) is 8.17. The van der Waals surface area contributed by atoms with Gasteiger partial charge >= 0.3 is 6.09 Å². The Morgan fingerprint density at radius 1 is 1.48 bits per heavy atom. The SMILES string of the molecule is CC1CC(=O)NN=C1c1ccc(NC(=O)OCC(Cl)CCl)cc1. The molecule has 0 aliphatic carbocycles. The minimum absolute atomic E-state index is 0.0446. The highest BCUT2D eigenvalue weighted by Crippen LogP contribution is 2.18. The number of nitrogens with zero attached hydrogens (tertiary/aromatic N) is 1. The molecule has 2 amide bonds. The molecule has 2 unspecified atom stereocenters. The topological polar surface area (TPSA) is 79.8 Å². The summed E-state index contributed by atoms with van der Waals surface area (Å²) in [7, 11) is 0. The van der Waals surface area contributed by atoms with Crippen LogP contribution in [0.15, 0.2) is 29.4 Å². The van der Waals surface area contributed by atoms with Gasteiger partial charge in [-0.05, 0) is 17.7 Å². The summed E-state index contributed by atoms with van der Waals surface area (Å²) < 4.78 is 4.94. The fraction of sp³-hybridized carbons (Fsp3) is 0.400. The third kappa shape index (κ3) is 5.11. The van der Waals surface area contributed by atoms with Crippen molar-refractivity contribution in [2.45, 2.75) is 18.7 Å². The molecule has 0 aromatic heterocycles. The van der Waals surface area contributed by atoms with Gasteiger partial charge in [-0.1, -0.05) is 19.1 Å². The molecule has 8 heteroatoms. The highest BCUT2D eigenvalue weighted by molar-refractivity contribution is 6.28. The summed E-state index contributed by atoms with van der Waals surface area (Å²) in [6.07, 6.45) is -0.185. The lowest BCUT2D eigenvalue weighted by Gasteiger charge is -2.19. The first kappa shape index (κ1) is 17.6. The molecule has 1 aliphatic heterocycles. The molecule has 2 N–H and O–H groups in total. The van der Waals surface area contributed by atoms with Gasteiger partial charge in [-0.2, -0.15) is 5.10 Å². The number of benzene rings is 1. The normalized spacial score (nSPS) is 18.7. The molecule has 6 nitrogen and oxygen atoms in total. The third-order valence-corrected chi connectivity index (χ3v) is 4.06. The average molecular weight is 358 g/mol. The predicted molar refractivity (Wildman–Crippen MR) is 90.2 cm³/mol. The minimum Gasteiger partial charge on any atom is -0.448 e. The van der Waals surface area contributed by atoms with Crippen LogP contribution >= 0.6 is 23.2 Å². The standard InChI is InChI=1S/C15H17Cl2N3O3/c1-9-6-13(21)19-20-14(9)10-2-4-12(5-3-10)18-15(22)23-8-11(17)7-16/h2-5,9,11H,6-8H2,1H3,(H,18,22)(H,19,21). The molecule has 0 saturated carbocycles. The van der Waals surface area contributed by atoms with E-state index in [1.807, 2.05) is 19.1 Å². The van der Waals surface area contributed by atoms with E-state index in [-0.39, 0.29) is 24.3 Å². The van der Waals surface area contributed by atoms with E-state index in [4.69, 9.17) is 27.9 Å². The van der Waals surface area contributed by atoms with E-state index in [1.165, 1.54) is 0 Å². The first-order valence-corrected chi connectivity index (χ1v) is 8.07. The number of ether oxygens (including phenoxy) is 1. The number of hydrogen-bond acceptors (Lipinski definition) is 4. The Balaban J connectivity index is 1.94. The number of halogens is 2. The molecular weight excluding hydrogens is 341 g/mol. The number of hydrazone groups is 1. The zero-order valence-electron chi connectivity index (χ0n) is 12.5. The third-order valence-electron chi connectivity index (χ3n) is 3.25. The van der Waals surface area contributed by atoms with Gasteiger partial charge in [-0.25, -0.2) is 10.2 Å². The summed E-state index contributed by atoms with van der Waals surface area (Å²) in [6.45, 7) is 1.99. The number of amides is 2. The van der Waals surface area contributed by atoms with Crippen molar-refractivity contribution in [1.29, 1.82) is 0 Å². The zero-order chi connectivity index (χ0) is 16.8. The Bertz CT molecular complexity index is 604. The number of rotatable bonds is 5. The van der Waals surface area contributed by atoms with E-state index >= 15 is 0 Å². The first-order chi connectivity index (χ1) is 11.0. The maximum atomic E-state index is 11.6. The molecule has 0 fully saturated rings. The van der Waals surface area contributed by atoms with E-state index in [9.17, 15) is 9.59 Å². The summed E-state index contributed by atoms with van der Waals surface area (Å²) >= 11 is 11.3. The summed E-state index contributed by atoms with van der Waals surface area (Å²) in [5, 5.41) is 6.27. The second-order valence-electron chi connectivity index (χ2n) is 5.19. The molecule has 1 aromatic rings. The van der Waals surface area contributed by atoms with Gasteiger partial charge in [0, 0.05) is 23.9 Å². The fourth-order valence-electron chi connectivity index (χ4n) is 2.09. The average Bonchev–Trinajstić information content (AvgIpc) is 2.53. The van der Waals surface area contributed by atoms with Gasteiger partial charge in [0.05, 0.1) is 11.1 Å². The Morgan fingerprint density at radius 3 is 2.78 bits per heavy atom. The van der Waals surface area contributed by atoms with Crippen molar-refractivity contribution in [2.24, 2.45) is 11.0 Å². The molecule has 0 spiro atoms. The van der Waals surface area contributed by atoms with Crippen LogP contribution in [0.1, 0.15) is 18.9 Å². The molecule has 124 valence electrons. The number of carbonyl (C=O) groups is 2. The van der Waals surface area contributed by atoms with Gasteiger partial charge in [0.15, 0.2) is 0 Å². The van der Waals surface area contributed by atoms with E-state index in [2.05, 4.69) is 15.8 Å². The van der Waals surface area contributed by atoms with Gasteiger partial charge in [0.25, 0.3) is 0 Å².